The van der Waals surface area contributed by atoms with Crippen molar-refractivity contribution < 1.29 is 22.2 Å². The molecule has 0 fully saturated rings. The van der Waals surface area contributed by atoms with Crippen LogP contribution in [0.15, 0.2) is 120 Å². The van der Waals surface area contributed by atoms with Crippen LogP contribution >= 0.6 is 7.49 Å². The van der Waals surface area contributed by atoms with Gasteiger partial charge in [0.25, 0.3) is 0 Å². The summed E-state index contributed by atoms with van der Waals surface area (Å²) in [6.45, 7) is 0.0111. The maximum absolute atomic E-state index is 13.6. The molecule has 170 valence electrons. The molecule has 0 spiro atoms. The number of aliphatic hydroxyl groups is 1. The van der Waals surface area contributed by atoms with Crippen LogP contribution in [0.25, 0.3) is 0 Å². The number of hydrogen-bond acceptors (Lipinski definition) is 5. The van der Waals surface area contributed by atoms with E-state index in [1.165, 1.54) is 12.1 Å². The van der Waals surface area contributed by atoms with Crippen molar-refractivity contribution in [2.45, 2.75) is 4.90 Å². The molecular weight excluding hydrogens is 455 g/mol. The first-order valence-corrected chi connectivity index (χ1v) is 13.8. The van der Waals surface area contributed by atoms with Crippen molar-refractivity contribution in [3.8, 4) is 5.75 Å². The zero-order valence-corrected chi connectivity index (χ0v) is 19.7. The third-order valence-electron chi connectivity index (χ3n) is 5.25. The van der Waals surface area contributed by atoms with Gasteiger partial charge in [0.05, 0.1) is 0 Å². The first kappa shape index (κ1) is 23.1. The van der Waals surface area contributed by atoms with Crippen molar-refractivity contribution in [3.63, 3.8) is 0 Å². The van der Waals surface area contributed by atoms with E-state index in [1.54, 1.807) is 12.1 Å². The van der Waals surface area contributed by atoms with Gasteiger partial charge < -0.3 is 0 Å². The number of benzene rings is 4. The molecule has 7 heteroatoms. The Kier molecular flexibility index (Phi) is 7.21. The summed E-state index contributed by atoms with van der Waals surface area (Å²) in [6, 6.07) is 34.7. The van der Waals surface area contributed by atoms with E-state index in [2.05, 4.69) is 0 Å². The van der Waals surface area contributed by atoms with Gasteiger partial charge in [0.1, 0.15) is 0 Å². The van der Waals surface area contributed by atoms with Gasteiger partial charge in [0, 0.05) is 0 Å². The van der Waals surface area contributed by atoms with Crippen LogP contribution in [-0.2, 0) is 14.1 Å². The first-order valence-electron chi connectivity index (χ1n) is 10.5. The molecule has 33 heavy (non-hydrogen) atoms. The third-order valence-corrected chi connectivity index (χ3v) is 11.4. The molecule has 0 saturated carbocycles. The number of aliphatic hydroxyl groups excluding tert-OH is 1. The van der Waals surface area contributed by atoms with Crippen LogP contribution in [0, 0.1) is 0 Å². The van der Waals surface area contributed by atoms with Crippen LogP contribution in [0.5, 0.6) is 5.75 Å². The van der Waals surface area contributed by atoms with E-state index in [4.69, 9.17) is 13.8 Å². The Morgan fingerprint density at radius 1 is 0.636 bits per heavy atom. The third kappa shape index (κ3) is 5.00. The van der Waals surface area contributed by atoms with Gasteiger partial charge >= 0.3 is 195 Å². The summed E-state index contributed by atoms with van der Waals surface area (Å²) in [4.78, 5) is 0.0403. The molecule has 0 aromatic heterocycles. The molecule has 0 atom stereocenters. The predicted octanol–water partition coefficient (Wildman–Crippen LogP) is 3.40. The molecule has 0 heterocycles. The van der Waals surface area contributed by atoms with E-state index in [0.717, 1.165) is 15.9 Å². The molecule has 4 aromatic rings. The van der Waals surface area contributed by atoms with E-state index in [0.29, 0.717) is 5.75 Å². The summed E-state index contributed by atoms with van der Waals surface area (Å²) in [7, 11) is -7.57. The molecule has 1 N–H and O–H groups in total. The first-order chi connectivity index (χ1) is 16.1. The fraction of sp³-hybridized carbons (Fsp3) is 0.0769. The van der Waals surface area contributed by atoms with E-state index in [-0.39, 0.29) is 18.1 Å². The molecule has 5 nitrogen and oxygen atoms in total. The molecule has 0 aliphatic carbocycles. The SMILES string of the molecule is O=S(=O)(O[PH](c1ccccc1)(c1ccccc1)c1ccccc1)c1ccc(OCCO)cc1. The molecule has 0 radical (unpaired) electrons. The molecule has 0 aliphatic rings. The summed E-state index contributed by atoms with van der Waals surface area (Å²) in [5.41, 5.74) is 0. The fourth-order valence-electron chi connectivity index (χ4n) is 3.74. The monoisotopic (exact) mass is 480 g/mol. The Bertz CT molecular complexity index is 1170. The van der Waals surface area contributed by atoms with Crippen molar-refractivity contribution >= 4 is 33.5 Å². The summed E-state index contributed by atoms with van der Waals surface area (Å²) in [6.07, 6.45) is 0. The zero-order chi connectivity index (χ0) is 23.2. The Labute approximate surface area is 194 Å². The molecule has 0 unspecified atom stereocenters. The molecule has 0 bridgehead atoms. The van der Waals surface area contributed by atoms with Crippen LogP contribution in [0.1, 0.15) is 0 Å². The Morgan fingerprint density at radius 2 is 1.06 bits per heavy atom. The number of rotatable bonds is 9. The van der Waals surface area contributed by atoms with Crippen LogP contribution in [0.3, 0.4) is 0 Å². The van der Waals surface area contributed by atoms with Crippen LogP contribution in [-0.4, -0.2) is 26.7 Å². The zero-order valence-electron chi connectivity index (χ0n) is 17.9. The topological polar surface area (TPSA) is 72.8 Å². The van der Waals surface area contributed by atoms with Gasteiger partial charge in [-0.2, -0.15) is 0 Å². The Balaban J connectivity index is 1.87. The van der Waals surface area contributed by atoms with Crippen LogP contribution < -0.4 is 20.7 Å². The normalized spacial score (nSPS) is 12.3. The van der Waals surface area contributed by atoms with Gasteiger partial charge in [0.15, 0.2) is 0 Å². The summed E-state index contributed by atoms with van der Waals surface area (Å²) < 4.78 is 38.9. The van der Waals surface area contributed by atoms with Gasteiger partial charge in [-0.05, 0) is 0 Å². The standard InChI is InChI=1S/C26H25O5PS/c27-20-21-30-22-16-18-26(19-17-22)33(28,29)31-32(23-10-4-1-5-11-23,24-12-6-2-7-13-24)25-14-8-3-9-15-25/h1-19,27,32H,20-21H2. The molecule has 0 aliphatic heterocycles. The average Bonchev–Trinajstić information content (AvgIpc) is 2.88. The Hall–Kier alpha value is -3.02. The molecule has 4 aromatic carbocycles. The summed E-state index contributed by atoms with van der Waals surface area (Å²) in [5.74, 6) is 0.473. The average molecular weight is 481 g/mol. The van der Waals surface area contributed by atoms with Gasteiger partial charge in [-0.3, -0.25) is 0 Å². The van der Waals surface area contributed by atoms with E-state index in [1.807, 2.05) is 91.0 Å². The minimum absolute atomic E-state index is 0.0403. The van der Waals surface area contributed by atoms with Crippen molar-refractivity contribution in [1.82, 2.24) is 0 Å². The Morgan fingerprint density at radius 3 is 1.45 bits per heavy atom. The molecular formula is C26H25O5PS. The maximum atomic E-state index is 13.6. The van der Waals surface area contributed by atoms with Gasteiger partial charge in [-0.15, -0.1) is 0 Å². The summed E-state index contributed by atoms with van der Waals surface area (Å²) in [5, 5.41) is 11.4. The van der Waals surface area contributed by atoms with Crippen molar-refractivity contribution in [2.75, 3.05) is 13.2 Å². The predicted molar refractivity (Wildman–Crippen MR) is 134 cm³/mol. The quantitative estimate of drug-likeness (QED) is 0.372. The van der Waals surface area contributed by atoms with Gasteiger partial charge in [-0.1, -0.05) is 0 Å². The van der Waals surface area contributed by atoms with Crippen molar-refractivity contribution in [1.29, 1.82) is 0 Å². The van der Waals surface area contributed by atoms with Crippen LogP contribution in [0.2, 0.25) is 0 Å². The number of ether oxygens (including phenoxy) is 1. The van der Waals surface area contributed by atoms with Gasteiger partial charge in [0.2, 0.25) is 0 Å². The van der Waals surface area contributed by atoms with E-state index in [9.17, 15) is 8.42 Å². The minimum atomic E-state index is -4.14. The van der Waals surface area contributed by atoms with Crippen molar-refractivity contribution in [3.05, 3.63) is 115 Å². The van der Waals surface area contributed by atoms with Crippen molar-refractivity contribution in [2.24, 2.45) is 0 Å². The molecule has 0 amide bonds. The second kappa shape index (κ2) is 10.3. The fourth-order valence-corrected chi connectivity index (χ4v) is 10.1. The number of hydrogen-bond donors (Lipinski definition) is 1. The molecule has 0 saturated heterocycles. The van der Waals surface area contributed by atoms with Gasteiger partial charge in [-0.25, -0.2) is 0 Å². The summed E-state index contributed by atoms with van der Waals surface area (Å²) >= 11 is 0. The van der Waals surface area contributed by atoms with E-state index < -0.39 is 17.6 Å². The van der Waals surface area contributed by atoms with Crippen LogP contribution in [0.4, 0.5) is 0 Å². The second-order valence-electron chi connectivity index (χ2n) is 7.36. The van der Waals surface area contributed by atoms with E-state index >= 15 is 0 Å². The second-order valence-corrected chi connectivity index (χ2v) is 12.5. The molecule has 4 rings (SSSR count).